The first-order valence-electron chi connectivity index (χ1n) is 6.57. The van der Waals surface area contributed by atoms with Gasteiger partial charge in [-0.15, -0.1) is 0 Å². The molecule has 0 radical (unpaired) electrons. The number of nitrogens with zero attached hydrogens (tertiary/aromatic N) is 3. The highest BCUT2D eigenvalue weighted by Crippen LogP contribution is 2.28. The van der Waals surface area contributed by atoms with Crippen molar-refractivity contribution in [1.29, 1.82) is 0 Å². The smallest absolute Gasteiger partial charge is 0.226 e. The summed E-state index contributed by atoms with van der Waals surface area (Å²) in [5.41, 5.74) is 0.738. The standard InChI is InChI=1S/C12H18N6O/c1-3-19-8-4-7(5-8)15-10-9-6-14-18-11(9)17-12(13-2)16-10/h6-8H,3-5H2,1-2H3,(H3,13,14,15,16,17,18). The molecule has 7 nitrogen and oxygen atoms in total. The molecule has 0 unspecified atom stereocenters. The van der Waals surface area contributed by atoms with Gasteiger partial charge in [-0.05, 0) is 19.8 Å². The van der Waals surface area contributed by atoms with Crippen LogP contribution in [-0.4, -0.2) is 46.0 Å². The van der Waals surface area contributed by atoms with E-state index in [1.165, 1.54) is 0 Å². The summed E-state index contributed by atoms with van der Waals surface area (Å²) in [5, 5.41) is 14.2. The van der Waals surface area contributed by atoms with Crippen LogP contribution in [0.5, 0.6) is 0 Å². The summed E-state index contributed by atoms with van der Waals surface area (Å²) in [5.74, 6) is 1.41. The largest absolute Gasteiger partial charge is 0.378 e. The van der Waals surface area contributed by atoms with Crippen LogP contribution in [0.3, 0.4) is 0 Å². The average Bonchev–Trinajstić information content (AvgIpc) is 2.84. The van der Waals surface area contributed by atoms with Crippen molar-refractivity contribution in [2.75, 3.05) is 24.3 Å². The molecule has 1 aliphatic carbocycles. The topological polar surface area (TPSA) is 87.8 Å². The van der Waals surface area contributed by atoms with Crippen LogP contribution in [0.2, 0.25) is 0 Å². The van der Waals surface area contributed by atoms with Gasteiger partial charge in [0.1, 0.15) is 5.82 Å². The van der Waals surface area contributed by atoms with Gasteiger partial charge in [0.2, 0.25) is 5.95 Å². The first-order chi connectivity index (χ1) is 9.30. The summed E-state index contributed by atoms with van der Waals surface area (Å²) in [6.07, 6.45) is 4.17. The van der Waals surface area contributed by atoms with E-state index < -0.39 is 0 Å². The summed E-state index contributed by atoms with van der Waals surface area (Å²) < 4.78 is 5.56. The number of aromatic nitrogens is 4. The molecule has 0 bridgehead atoms. The minimum absolute atomic E-state index is 0.382. The molecule has 0 atom stereocenters. The van der Waals surface area contributed by atoms with Crippen LogP contribution >= 0.6 is 0 Å². The van der Waals surface area contributed by atoms with Crippen LogP contribution in [0.4, 0.5) is 11.8 Å². The van der Waals surface area contributed by atoms with Crippen LogP contribution in [0, 0.1) is 0 Å². The van der Waals surface area contributed by atoms with Crippen LogP contribution in [0.15, 0.2) is 6.20 Å². The fourth-order valence-electron chi connectivity index (χ4n) is 2.31. The third-order valence-corrected chi connectivity index (χ3v) is 3.37. The van der Waals surface area contributed by atoms with E-state index in [0.717, 1.165) is 36.3 Å². The fourth-order valence-corrected chi connectivity index (χ4v) is 2.31. The molecule has 0 amide bonds. The minimum atomic E-state index is 0.382. The molecule has 102 valence electrons. The van der Waals surface area contributed by atoms with Crippen molar-refractivity contribution in [1.82, 2.24) is 20.2 Å². The SMILES string of the molecule is CCOC1CC(Nc2nc(NC)nc3[nH]ncc23)C1. The number of ether oxygens (including phenoxy) is 1. The second-order valence-corrected chi connectivity index (χ2v) is 4.67. The predicted octanol–water partition coefficient (Wildman–Crippen LogP) is 1.37. The maximum atomic E-state index is 5.56. The Balaban J connectivity index is 1.75. The summed E-state index contributed by atoms with van der Waals surface area (Å²) in [7, 11) is 1.80. The quantitative estimate of drug-likeness (QED) is 0.754. The Morgan fingerprint density at radius 3 is 3.00 bits per heavy atom. The van der Waals surface area contributed by atoms with Crippen LogP contribution < -0.4 is 10.6 Å². The number of aromatic amines is 1. The van der Waals surface area contributed by atoms with E-state index in [4.69, 9.17) is 4.74 Å². The third kappa shape index (κ3) is 2.33. The lowest BCUT2D eigenvalue weighted by molar-refractivity contribution is 0.00295. The Kier molecular flexibility index (Phi) is 3.20. The zero-order valence-electron chi connectivity index (χ0n) is 11.1. The first kappa shape index (κ1) is 12.2. The molecule has 1 fully saturated rings. The van der Waals surface area contributed by atoms with E-state index in [-0.39, 0.29) is 0 Å². The Bertz CT molecular complexity index is 562. The second-order valence-electron chi connectivity index (χ2n) is 4.67. The molecule has 2 heterocycles. The number of anilines is 2. The zero-order valence-corrected chi connectivity index (χ0v) is 11.1. The molecule has 0 saturated heterocycles. The van der Waals surface area contributed by atoms with Gasteiger partial charge in [0.25, 0.3) is 0 Å². The number of H-pyrrole nitrogens is 1. The van der Waals surface area contributed by atoms with Crippen molar-refractivity contribution in [3.8, 4) is 0 Å². The molecule has 0 aliphatic heterocycles. The summed E-state index contributed by atoms with van der Waals surface area (Å²) >= 11 is 0. The Morgan fingerprint density at radius 2 is 2.26 bits per heavy atom. The number of fused-ring (bicyclic) bond motifs is 1. The summed E-state index contributed by atoms with van der Waals surface area (Å²) in [6.45, 7) is 2.81. The molecular weight excluding hydrogens is 244 g/mol. The lowest BCUT2D eigenvalue weighted by Gasteiger charge is -2.35. The number of nitrogens with one attached hydrogen (secondary N) is 3. The molecule has 0 aromatic carbocycles. The molecule has 19 heavy (non-hydrogen) atoms. The number of hydrogen-bond acceptors (Lipinski definition) is 6. The van der Waals surface area contributed by atoms with Crippen LogP contribution in [0.25, 0.3) is 11.0 Å². The van der Waals surface area contributed by atoms with Crippen LogP contribution in [0.1, 0.15) is 19.8 Å². The monoisotopic (exact) mass is 262 g/mol. The lowest BCUT2D eigenvalue weighted by Crippen LogP contribution is -2.41. The molecule has 7 heteroatoms. The maximum absolute atomic E-state index is 5.56. The average molecular weight is 262 g/mol. The number of hydrogen-bond donors (Lipinski definition) is 3. The highest BCUT2D eigenvalue weighted by molar-refractivity contribution is 5.87. The van der Waals surface area contributed by atoms with Gasteiger partial charge in [0.05, 0.1) is 17.7 Å². The van der Waals surface area contributed by atoms with E-state index >= 15 is 0 Å². The Labute approximate surface area is 111 Å². The van der Waals surface area contributed by atoms with E-state index in [1.807, 2.05) is 6.92 Å². The Morgan fingerprint density at radius 1 is 1.42 bits per heavy atom. The zero-order chi connectivity index (χ0) is 13.2. The van der Waals surface area contributed by atoms with Crippen molar-refractivity contribution in [2.24, 2.45) is 0 Å². The highest BCUT2D eigenvalue weighted by atomic mass is 16.5. The molecule has 1 aliphatic rings. The fraction of sp³-hybridized carbons (Fsp3) is 0.583. The summed E-state index contributed by atoms with van der Waals surface area (Å²) in [6, 6.07) is 0.411. The predicted molar refractivity (Wildman–Crippen MR) is 73.3 cm³/mol. The van der Waals surface area contributed by atoms with Crippen molar-refractivity contribution in [3.63, 3.8) is 0 Å². The molecule has 2 aromatic heterocycles. The molecule has 1 saturated carbocycles. The molecule has 3 N–H and O–H groups in total. The molecule has 0 spiro atoms. The maximum Gasteiger partial charge on any atom is 0.226 e. The normalized spacial score (nSPS) is 22.2. The van der Waals surface area contributed by atoms with Crippen molar-refractivity contribution >= 4 is 22.8 Å². The van der Waals surface area contributed by atoms with E-state index in [9.17, 15) is 0 Å². The summed E-state index contributed by atoms with van der Waals surface area (Å²) in [4.78, 5) is 8.76. The lowest BCUT2D eigenvalue weighted by atomic mass is 9.89. The van der Waals surface area contributed by atoms with Crippen molar-refractivity contribution in [2.45, 2.75) is 31.9 Å². The van der Waals surface area contributed by atoms with E-state index in [1.54, 1.807) is 13.2 Å². The van der Waals surface area contributed by atoms with Crippen molar-refractivity contribution in [3.05, 3.63) is 6.20 Å². The van der Waals surface area contributed by atoms with Gasteiger partial charge in [-0.1, -0.05) is 0 Å². The van der Waals surface area contributed by atoms with Crippen LogP contribution in [-0.2, 0) is 4.74 Å². The van der Waals surface area contributed by atoms with E-state index in [0.29, 0.717) is 18.1 Å². The van der Waals surface area contributed by atoms with Gasteiger partial charge in [-0.2, -0.15) is 15.1 Å². The molecular formula is C12H18N6O. The minimum Gasteiger partial charge on any atom is -0.378 e. The second kappa shape index (κ2) is 5.00. The first-order valence-corrected chi connectivity index (χ1v) is 6.57. The van der Waals surface area contributed by atoms with Gasteiger partial charge in [0.15, 0.2) is 5.65 Å². The Hall–Kier alpha value is -1.89. The van der Waals surface area contributed by atoms with E-state index in [2.05, 4.69) is 30.8 Å². The molecule has 2 aromatic rings. The van der Waals surface area contributed by atoms with Gasteiger partial charge < -0.3 is 15.4 Å². The third-order valence-electron chi connectivity index (χ3n) is 3.37. The van der Waals surface area contributed by atoms with Gasteiger partial charge in [-0.25, -0.2) is 0 Å². The highest BCUT2D eigenvalue weighted by Gasteiger charge is 2.30. The van der Waals surface area contributed by atoms with Crippen molar-refractivity contribution < 1.29 is 4.74 Å². The van der Waals surface area contributed by atoms with Gasteiger partial charge in [0, 0.05) is 19.7 Å². The van der Waals surface area contributed by atoms with Gasteiger partial charge >= 0.3 is 0 Å². The number of rotatable bonds is 5. The molecule has 3 rings (SSSR count). The van der Waals surface area contributed by atoms with Gasteiger partial charge in [-0.3, -0.25) is 5.10 Å².